The zero-order chi connectivity index (χ0) is 21.8. The molecule has 1 aliphatic heterocycles. The van der Waals surface area contributed by atoms with Gasteiger partial charge in [0, 0.05) is 9.13 Å². The molecule has 156 valence electrons. The lowest BCUT2D eigenvalue weighted by atomic mass is 10.1. The van der Waals surface area contributed by atoms with Crippen molar-refractivity contribution in [1.29, 1.82) is 0 Å². The van der Waals surface area contributed by atoms with Crippen molar-refractivity contribution in [2.24, 2.45) is 4.99 Å². The number of hydrogen-bond donors (Lipinski definition) is 0. The van der Waals surface area contributed by atoms with Crippen molar-refractivity contribution in [3.8, 4) is 11.5 Å². The van der Waals surface area contributed by atoms with E-state index in [1.54, 1.807) is 6.08 Å². The van der Waals surface area contributed by atoms with Crippen molar-refractivity contribution >= 4 is 56.5 Å². The van der Waals surface area contributed by atoms with E-state index in [0.29, 0.717) is 35.1 Å². The first-order valence-corrected chi connectivity index (χ1v) is 11.2. The Morgan fingerprint density at radius 1 is 1.30 bits per heavy atom. The summed E-state index contributed by atoms with van der Waals surface area (Å²) in [6.07, 6.45) is 1.67. The average molecular weight is 582 g/mol. The molecule has 30 heavy (non-hydrogen) atoms. The molecular weight excluding hydrogens is 561 g/mol. The number of benzene rings is 2. The van der Waals surface area contributed by atoms with Gasteiger partial charge in [-0.05, 0) is 112 Å². The number of carbonyl (C=O) groups is 1. The number of aliphatic imine (C=N–C) groups is 1. The highest BCUT2D eigenvalue weighted by Gasteiger charge is 2.25. The van der Waals surface area contributed by atoms with Gasteiger partial charge < -0.3 is 14.2 Å². The second-order valence-corrected chi connectivity index (χ2v) is 8.83. The van der Waals surface area contributed by atoms with Gasteiger partial charge in [0.25, 0.3) is 0 Å². The quantitative estimate of drug-likeness (QED) is 0.173. The number of esters is 1. The van der Waals surface area contributed by atoms with Crippen LogP contribution < -0.4 is 9.47 Å². The predicted octanol–water partition coefficient (Wildman–Crippen LogP) is 6.06. The van der Waals surface area contributed by atoms with Crippen LogP contribution in [-0.4, -0.2) is 25.1 Å². The average Bonchev–Trinajstić information content (AvgIpc) is 3.04. The number of ether oxygens (including phenoxy) is 3. The van der Waals surface area contributed by atoms with Crippen LogP contribution in [0.15, 0.2) is 57.6 Å². The third-order valence-electron chi connectivity index (χ3n) is 4.12. The number of rotatable bonds is 7. The Bertz CT molecular complexity index is 1080. The monoisotopic (exact) mass is 581 g/mol. The SMILES string of the molecule is C=C(C)COc1c(Br)cc(/C=C2\N=C(c3ccc(I)c(C)c3)OC2=O)cc1OCC. The minimum Gasteiger partial charge on any atom is -0.490 e. The van der Waals surface area contributed by atoms with Gasteiger partial charge in [-0.15, -0.1) is 0 Å². The summed E-state index contributed by atoms with van der Waals surface area (Å²) < 4.78 is 18.8. The van der Waals surface area contributed by atoms with E-state index in [4.69, 9.17) is 14.2 Å². The molecule has 2 aromatic rings. The highest BCUT2D eigenvalue weighted by Crippen LogP contribution is 2.38. The molecular formula is C23H21BrINO4. The second-order valence-electron chi connectivity index (χ2n) is 6.81. The van der Waals surface area contributed by atoms with E-state index in [2.05, 4.69) is 50.1 Å². The maximum absolute atomic E-state index is 12.4. The van der Waals surface area contributed by atoms with Gasteiger partial charge in [0.1, 0.15) is 6.61 Å². The fraction of sp³-hybridized carbons (Fsp3) is 0.217. The van der Waals surface area contributed by atoms with Gasteiger partial charge in [-0.2, -0.15) is 0 Å². The number of carbonyl (C=O) groups excluding carboxylic acids is 1. The van der Waals surface area contributed by atoms with E-state index in [1.807, 2.05) is 51.1 Å². The summed E-state index contributed by atoms with van der Waals surface area (Å²) in [5.41, 5.74) is 3.73. The maximum atomic E-state index is 12.4. The molecule has 0 spiro atoms. The minimum absolute atomic E-state index is 0.228. The first kappa shape index (κ1) is 22.6. The van der Waals surface area contributed by atoms with Crippen molar-refractivity contribution in [3.05, 3.63) is 72.9 Å². The summed E-state index contributed by atoms with van der Waals surface area (Å²) in [7, 11) is 0. The van der Waals surface area contributed by atoms with Gasteiger partial charge in [-0.3, -0.25) is 0 Å². The third-order valence-corrected chi connectivity index (χ3v) is 5.92. The second kappa shape index (κ2) is 9.78. The van der Waals surface area contributed by atoms with Gasteiger partial charge in [0.15, 0.2) is 17.2 Å². The summed E-state index contributed by atoms with van der Waals surface area (Å²) in [5.74, 6) is 0.979. The van der Waals surface area contributed by atoms with Crippen molar-refractivity contribution in [2.45, 2.75) is 20.8 Å². The molecule has 7 heteroatoms. The van der Waals surface area contributed by atoms with Crippen LogP contribution in [0.5, 0.6) is 11.5 Å². The van der Waals surface area contributed by atoms with Crippen LogP contribution in [0.4, 0.5) is 0 Å². The predicted molar refractivity (Wildman–Crippen MR) is 130 cm³/mol. The summed E-state index contributed by atoms with van der Waals surface area (Å²) >= 11 is 5.79. The largest absolute Gasteiger partial charge is 0.490 e. The molecule has 0 unspecified atom stereocenters. The molecule has 1 aliphatic rings. The Balaban J connectivity index is 1.94. The van der Waals surface area contributed by atoms with E-state index < -0.39 is 5.97 Å². The number of hydrogen-bond acceptors (Lipinski definition) is 5. The van der Waals surface area contributed by atoms with Gasteiger partial charge in [-0.1, -0.05) is 6.58 Å². The van der Waals surface area contributed by atoms with E-state index >= 15 is 0 Å². The van der Waals surface area contributed by atoms with Crippen molar-refractivity contribution < 1.29 is 19.0 Å². The normalized spacial score (nSPS) is 14.5. The van der Waals surface area contributed by atoms with Crippen LogP contribution in [0.2, 0.25) is 0 Å². The molecule has 0 N–H and O–H groups in total. The van der Waals surface area contributed by atoms with E-state index in [-0.39, 0.29) is 5.70 Å². The smallest absolute Gasteiger partial charge is 0.363 e. The molecule has 1 heterocycles. The van der Waals surface area contributed by atoms with E-state index in [1.165, 1.54) is 0 Å². The van der Waals surface area contributed by atoms with Crippen molar-refractivity contribution in [1.82, 2.24) is 0 Å². The zero-order valence-electron chi connectivity index (χ0n) is 16.9. The first-order chi connectivity index (χ1) is 14.3. The molecule has 0 atom stereocenters. The Labute approximate surface area is 198 Å². The fourth-order valence-electron chi connectivity index (χ4n) is 2.74. The summed E-state index contributed by atoms with van der Waals surface area (Å²) in [6, 6.07) is 9.47. The van der Waals surface area contributed by atoms with Crippen LogP contribution in [-0.2, 0) is 9.53 Å². The summed E-state index contributed by atoms with van der Waals surface area (Å²) in [4.78, 5) is 16.8. The molecule has 2 aromatic carbocycles. The van der Waals surface area contributed by atoms with Gasteiger partial charge >= 0.3 is 5.97 Å². The highest BCUT2D eigenvalue weighted by atomic mass is 127. The van der Waals surface area contributed by atoms with Gasteiger partial charge in [-0.25, -0.2) is 9.79 Å². The van der Waals surface area contributed by atoms with E-state index in [0.717, 1.165) is 25.8 Å². The van der Waals surface area contributed by atoms with Crippen molar-refractivity contribution in [2.75, 3.05) is 13.2 Å². The lowest BCUT2D eigenvalue weighted by Crippen LogP contribution is -2.06. The number of halogens is 2. The lowest BCUT2D eigenvalue weighted by Gasteiger charge is -2.14. The van der Waals surface area contributed by atoms with Crippen LogP contribution >= 0.6 is 38.5 Å². The van der Waals surface area contributed by atoms with Crippen molar-refractivity contribution in [3.63, 3.8) is 0 Å². The van der Waals surface area contributed by atoms with Gasteiger partial charge in [0.2, 0.25) is 5.90 Å². The molecule has 0 radical (unpaired) electrons. The zero-order valence-corrected chi connectivity index (χ0v) is 20.7. The topological polar surface area (TPSA) is 57.1 Å². The Morgan fingerprint density at radius 2 is 2.07 bits per heavy atom. The Kier molecular flexibility index (Phi) is 7.36. The molecule has 0 saturated carbocycles. The number of aryl methyl sites for hydroxylation is 1. The Hall–Kier alpha value is -2.13. The van der Waals surface area contributed by atoms with E-state index in [9.17, 15) is 4.79 Å². The Morgan fingerprint density at radius 3 is 2.73 bits per heavy atom. The lowest BCUT2D eigenvalue weighted by molar-refractivity contribution is -0.129. The molecule has 0 saturated heterocycles. The fourth-order valence-corrected chi connectivity index (χ4v) is 3.65. The molecule has 0 aromatic heterocycles. The maximum Gasteiger partial charge on any atom is 0.363 e. The first-order valence-electron chi connectivity index (χ1n) is 9.31. The molecule has 5 nitrogen and oxygen atoms in total. The van der Waals surface area contributed by atoms with Gasteiger partial charge in [0.05, 0.1) is 11.1 Å². The molecule has 0 amide bonds. The summed E-state index contributed by atoms with van der Waals surface area (Å²) in [6.45, 7) is 10.5. The molecule has 0 fully saturated rings. The summed E-state index contributed by atoms with van der Waals surface area (Å²) in [5, 5.41) is 0. The van der Waals surface area contributed by atoms with Crippen LogP contribution in [0.3, 0.4) is 0 Å². The molecule has 0 aliphatic carbocycles. The number of cyclic esters (lactones) is 1. The standard InChI is InChI=1S/C23H21BrINO4/c1-5-28-20-11-15(9-17(24)21(20)29-12-13(2)3)10-19-23(27)30-22(26-19)16-6-7-18(25)14(4)8-16/h6-11H,2,5,12H2,1,3-4H3/b19-10-. The highest BCUT2D eigenvalue weighted by molar-refractivity contribution is 14.1. The third kappa shape index (κ3) is 5.31. The van der Waals surface area contributed by atoms with Crippen LogP contribution in [0.25, 0.3) is 6.08 Å². The minimum atomic E-state index is -0.488. The molecule has 3 rings (SSSR count). The molecule has 0 bridgehead atoms. The number of nitrogens with zero attached hydrogens (tertiary/aromatic N) is 1. The van der Waals surface area contributed by atoms with Crippen LogP contribution in [0.1, 0.15) is 30.5 Å². The van der Waals surface area contributed by atoms with Crippen LogP contribution in [0, 0.1) is 10.5 Å².